The predicted molar refractivity (Wildman–Crippen MR) is 63.8 cm³/mol. The minimum atomic E-state index is -0.446. The quantitative estimate of drug-likeness (QED) is 0.772. The van der Waals surface area contributed by atoms with Crippen molar-refractivity contribution < 1.29 is 9.53 Å². The van der Waals surface area contributed by atoms with Crippen LogP contribution in [0.15, 0.2) is 42.0 Å². The van der Waals surface area contributed by atoms with Crippen LogP contribution in [0.5, 0.6) is 0 Å². The summed E-state index contributed by atoms with van der Waals surface area (Å²) >= 11 is 0. The Labute approximate surface area is 95.9 Å². The second-order valence-corrected chi connectivity index (χ2v) is 3.54. The molecule has 1 amide bonds. The van der Waals surface area contributed by atoms with E-state index in [0.29, 0.717) is 6.61 Å². The summed E-state index contributed by atoms with van der Waals surface area (Å²) in [5, 5.41) is 0. The van der Waals surface area contributed by atoms with Crippen molar-refractivity contribution in [2.75, 3.05) is 6.61 Å². The lowest BCUT2D eigenvalue weighted by molar-refractivity contribution is -0.113. The zero-order valence-electron chi connectivity index (χ0n) is 9.64. The Morgan fingerprint density at radius 2 is 2.06 bits per heavy atom. The highest BCUT2D eigenvalue weighted by atomic mass is 16.5. The van der Waals surface area contributed by atoms with E-state index in [4.69, 9.17) is 10.5 Å². The number of carbonyl (C=O) groups excluding carboxylic acids is 1. The molecular formula is C13H17NO2. The van der Waals surface area contributed by atoms with Crippen molar-refractivity contribution >= 4 is 5.91 Å². The Bertz CT molecular complexity index is 371. The molecule has 1 unspecified atom stereocenters. The molecule has 0 saturated carbocycles. The minimum Gasteiger partial charge on any atom is -0.369 e. The first-order valence-corrected chi connectivity index (χ1v) is 5.29. The zero-order chi connectivity index (χ0) is 12.0. The van der Waals surface area contributed by atoms with Gasteiger partial charge in [0.1, 0.15) is 6.10 Å². The average Bonchev–Trinajstić information content (AvgIpc) is 2.26. The molecule has 86 valence electrons. The number of ether oxygens (including phenoxy) is 1. The van der Waals surface area contributed by atoms with Crippen LogP contribution < -0.4 is 5.73 Å². The van der Waals surface area contributed by atoms with Gasteiger partial charge in [-0.05, 0) is 25.0 Å². The number of benzene rings is 1. The Balaban J connectivity index is 2.96. The number of primary amides is 1. The largest absolute Gasteiger partial charge is 0.369 e. The van der Waals surface area contributed by atoms with Gasteiger partial charge in [0.25, 0.3) is 0 Å². The SMILES string of the molecule is CCOC(C(C)=CC(N)=O)c1ccccc1. The molecule has 1 aromatic rings. The molecule has 0 heterocycles. The maximum absolute atomic E-state index is 10.8. The fourth-order valence-corrected chi connectivity index (χ4v) is 1.59. The highest BCUT2D eigenvalue weighted by Gasteiger charge is 2.13. The van der Waals surface area contributed by atoms with Crippen LogP contribution in [0, 0.1) is 0 Å². The summed E-state index contributed by atoms with van der Waals surface area (Å²) < 4.78 is 5.61. The van der Waals surface area contributed by atoms with E-state index in [9.17, 15) is 4.79 Å². The molecule has 1 rings (SSSR count). The Kier molecular flexibility index (Phi) is 4.73. The van der Waals surface area contributed by atoms with Crippen LogP contribution in [0.4, 0.5) is 0 Å². The van der Waals surface area contributed by atoms with Crippen molar-refractivity contribution in [2.24, 2.45) is 5.73 Å². The molecule has 3 heteroatoms. The topological polar surface area (TPSA) is 52.3 Å². The summed E-state index contributed by atoms with van der Waals surface area (Å²) in [6.45, 7) is 4.36. The van der Waals surface area contributed by atoms with Gasteiger partial charge in [-0.2, -0.15) is 0 Å². The number of carbonyl (C=O) groups is 1. The molecule has 16 heavy (non-hydrogen) atoms. The van der Waals surface area contributed by atoms with E-state index >= 15 is 0 Å². The lowest BCUT2D eigenvalue weighted by Crippen LogP contribution is -2.11. The van der Waals surface area contributed by atoms with Crippen molar-refractivity contribution in [1.29, 1.82) is 0 Å². The first kappa shape index (κ1) is 12.5. The normalized spacial score (nSPS) is 13.5. The molecule has 0 fully saturated rings. The minimum absolute atomic E-state index is 0.196. The van der Waals surface area contributed by atoms with E-state index in [1.807, 2.05) is 44.2 Å². The van der Waals surface area contributed by atoms with Crippen LogP contribution >= 0.6 is 0 Å². The van der Waals surface area contributed by atoms with Gasteiger partial charge in [-0.15, -0.1) is 0 Å². The van der Waals surface area contributed by atoms with Gasteiger partial charge in [-0.3, -0.25) is 4.79 Å². The van der Waals surface area contributed by atoms with Gasteiger partial charge >= 0.3 is 0 Å². The fourth-order valence-electron chi connectivity index (χ4n) is 1.59. The Hall–Kier alpha value is -1.61. The van der Waals surface area contributed by atoms with E-state index in [2.05, 4.69) is 0 Å². The molecule has 0 aliphatic rings. The maximum atomic E-state index is 10.8. The van der Waals surface area contributed by atoms with Crippen LogP contribution in [-0.2, 0) is 9.53 Å². The molecule has 0 radical (unpaired) electrons. The third-order valence-corrected chi connectivity index (χ3v) is 2.22. The van der Waals surface area contributed by atoms with E-state index in [-0.39, 0.29) is 6.10 Å². The first-order chi connectivity index (χ1) is 7.65. The van der Waals surface area contributed by atoms with Crippen molar-refractivity contribution in [1.82, 2.24) is 0 Å². The summed E-state index contributed by atoms with van der Waals surface area (Å²) in [5.74, 6) is -0.446. The molecule has 3 nitrogen and oxygen atoms in total. The predicted octanol–water partition coefficient (Wildman–Crippen LogP) is 2.20. The Morgan fingerprint density at radius 3 is 2.56 bits per heavy atom. The molecule has 0 bridgehead atoms. The summed E-state index contributed by atoms with van der Waals surface area (Å²) in [7, 11) is 0. The highest BCUT2D eigenvalue weighted by molar-refractivity contribution is 5.86. The van der Waals surface area contributed by atoms with Crippen molar-refractivity contribution in [3.05, 3.63) is 47.5 Å². The maximum Gasteiger partial charge on any atom is 0.241 e. The van der Waals surface area contributed by atoms with Crippen LogP contribution in [0.3, 0.4) is 0 Å². The first-order valence-electron chi connectivity index (χ1n) is 5.29. The summed E-state index contributed by atoms with van der Waals surface area (Å²) in [5.41, 5.74) is 6.98. The van der Waals surface area contributed by atoms with E-state index in [1.54, 1.807) is 0 Å². The smallest absolute Gasteiger partial charge is 0.241 e. The number of amides is 1. The van der Waals surface area contributed by atoms with Crippen LogP contribution in [0.2, 0.25) is 0 Å². The van der Waals surface area contributed by atoms with Crippen LogP contribution in [-0.4, -0.2) is 12.5 Å². The van der Waals surface area contributed by atoms with E-state index in [0.717, 1.165) is 11.1 Å². The second-order valence-electron chi connectivity index (χ2n) is 3.54. The number of rotatable bonds is 5. The average molecular weight is 219 g/mol. The van der Waals surface area contributed by atoms with Crippen LogP contribution in [0.1, 0.15) is 25.5 Å². The van der Waals surface area contributed by atoms with Gasteiger partial charge in [-0.1, -0.05) is 30.3 Å². The highest BCUT2D eigenvalue weighted by Crippen LogP contribution is 2.24. The van der Waals surface area contributed by atoms with Gasteiger partial charge in [0.2, 0.25) is 5.91 Å². The number of hydrogen-bond donors (Lipinski definition) is 1. The molecule has 0 aliphatic heterocycles. The van der Waals surface area contributed by atoms with Crippen LogP contribution in [0.25, 0.3) is 0 Å². The number of hydrogen-bond acceptors (Lipinski definition) is 2. The third-order valence-electron chi connectivity index (χ3n) is 2.22. The molecule has 2 N–H and O–H groups in total. The van der Waals surface area contributed by atoms with Gasteiger partial charge in [0.15, 0.2) is 0 Å². The Morgan fingerprint density at radius 1 is 1.44 bits per heavy atom. The molecule has 1 atom stereocenters. The summed E-state index contributed by atoms with van der Waals surface area (Å²) in [6.07, 6.45) is 1.21. The standard InChI is InChI=1S/C13H17NO2/c1-3-16-13(10(2)9-12(14)15)11-7-5-4-6-8-11/h4-9,13H,3H2,1-2H3,(H2,14,15). The molecular weight excluding hydrogens is 202 g/mol. The second kappa shape index (κ2) is 6.08. The van der Waals surface area contributed by atoms with Crippen molar-refractivity contribution in [3.8, 4) is 0 Å². The van der Waals surface area contributed by atoms with Gasteiger partial charge < -0.3 is 10.5 Å². The number of nitrogens with two attached hydrogens (primary N) is 1. The molecule has 0 spiro atoms. The monoisotopic (exact) mass is 219 g/mol. The van der Waals surface area contributed by atoms with E-state index in [1.165, 1.54) is 6.08 Å². The summed E-state index contributed by atoms with van der Waals surface area (Å²) in [6, 6.07) is 9.77. The van der Waals surface area contributed by atoms with Gasteiger partial charge in [0.05, 0.1) is 0 Å². The van der Waals surface area contributed by atoms with Crippen molar-refractivity contribution in [3.63, 3.8) is 0 Å². The van der Waals surface area contributed by atoms with Gasteiger partial charge in [0, 0.05) is 12.7 Å². The van der Waals surface area contributed by atoms with Gasteiger partial charge in [-0.25, -0.2) is 0 Å². The lowest BCUT2D eigenvalue weighted by atomic mass is 10.0. The molecule has 0 saturated heterocycles. The third kappa shape index (κ3) is 3.51. The summed E-state index contributed by atoms with van der Waals surface area (Å²) in [4.78, 5) is 10.8. The fraction of sp³-hybridized carbons (Fsp3) is 0.308. The lowest BCUT2D eigenvalue weighted by Gasteiger charge is -2.18. The van der Waals surface area contributed by atoms with Crippen molar-refractivity contribution in [2.45, 2.75) is 20.0 Å². The molecule has 0 aliphatic carbocycles. The molecule has 0 aromatic heterocycles. The molecule has 1 aromatic carbocycles. The zero-order valence-corrected chi connectivity index (χ0v) is 9.64. The van der Waals surface area contributed by atoms with E-state index < -0.39 is 5.91 Å².